The second kappa shape index (κ2) is 11.7. The molecule has 0 saturated carbocycles. The van der Waals surface area contributed by atoms with E-state index in [1.165, 1.54) is 43.5 Å². The highest BCUT2D eigenvalue weighted by Crippen LogP contribution is 2.33. The topological polar surface area (TPSA) is 185 Å². The van der Waals surface area contributed by atoms with E-state index < -0.39 is 40.4 Å². The fourth-order valence-corrected chi connectivity index (χ4v) is 4.46. The van der Waals surface area contributed by atoms with E-state index >= 15 is 0 Å². The summed E-state index contributed by atoms with van der Waals surface area (Å²) in [6, 6.07) is 5.37. The van der Waals surface area contributed by atoms with Crippen LogP contribution in [-0.2, 0) is 21.9 Å². The number of sulfonamides is 1. The molecule has 0 radical (unpaired) electrons. The number of aryl methyl sites for hydroxylation is 1. The standard InChI is InChI=1S/C23H28FN7O6S/c1-13(2)20-18(10-9-16(32)11-17(33)12-19(34)35)21(14-5-7-15(24)8-6-14)26-22(25-20)31(38(4,36)37)23-27-28-29-30(23)3/h5-10,13,16-17,32-33H,11-12H2,1-4H3,(H,34,35)/b10-9+/t16-,17-/m1/s1. The molecule has 204 valence electrons. The third-order valence-corrected chi connectivity index (χ3v) is 6.32. The van der Waals surface area contributed by atoms with Crippen molar-refractivity contribution in [1.82, 2.24) is 30.2 Å². The van der Waals surface area contributed by atoms with Crippen molar-refractivity contribution < 1.29 is 32.9 Å². The van der Waals surface area contributed by atoms with Gasteiger partial charge in [-0.05, 0) is 40.6 Å². The van der Waals surface area contributed by atoms with Gasteiger partial charge in [0.1, 0.15) is 5.82 Å². The van der Waals surface area contributed by atoms with E-state index in [1.54, 1.807) is 0 Å². The number of carbonyl (C=O) groups is 1. The fraction of sp³-hybridized carbons (Fsp3) is 0.391. The van der Waals surface area contributed by atoms with Crippen LogP contribution in [0.2, 0.25) is 0 Å². The number of rotatable bonds is 11. The molecule has 13 nitrogen and oxygen atoms in total. The number of anilines is 2. The Morgan fingerprint density at radius 2 is 1.84 bits per heavy atom. The lowest BCUT2D eigenvalue weighted by Crippen LogP contribution is -2.30. The number of aliphatic hydroxyl groups excluding tert-OH is 2. The minimum Gasteiger partial charge on any atom is -0.481 e. The summed E-state index contributed by atoms with van der Waals surface area (Å²) >= 11 is 0. The first kappa shape index (κ1) is 28.7. The lowest BCUT2D eigenvalue weighted by Gasteiger charge is -2.22. The van der Waals surface area contributed by atoms with E-state index in [1.807, 2.05) is 13.8 Å². The molecule has 2 heterocycles. The van der Waals surface area contributed by atoms with Gasteiger partial charge in [0.2, 0.25) is 16.0 Å². The molecule has 3 aromatic rings. The smallest absolute Gasteiger partial charge is 0.305 e. The molecule has 2 aromatic heterocycles. The van der Waals surface area contributed by atoms with Gasteiger partial charge in [-0.1, -0.05) is 31.1 Å². The number of nitrogens with zero attached hydrogens (tertiary/aromatic N) is 7. The number of hydrogen-bond acceptors (Lipinski definition) is 10. The highest BCUT2D eigenvalue weighted by molar-refractivity contribution is 7.92. The van der Waals surface area contributed by atoms with Gasteiger partial charge in [0.25, 0.3) is 5.95 Å². The molecule has 0 aliphatic carbocycles. The molecule has 0 aliphatic rings. The van der Waals surface area contributed by atoms with E-state index in [0.717, 1.165) is 15.2 Å². The summed E-state index contributed by atoms with van der Waals surface area (Å²) < 4.78 is 41.3. The number of aliphatic hydroxyl groups is 2. The van der Waals surface area contributed by atoms with Gasteiger partial charge in [0.15, 0.2) is 0 Å². The average Bonchev–Trinajstić information content (AvgIpc) is 3.21. The van der Waals surface area contributed by atoms with Crippen LogP contribution in [0.15, 0.2) is 30.3 Å². The molecule has 1 aromatic carbocycles. The monoisotopic (exact) mass is 549 g/mol. The summed E-state index contributed by atoms with van der Waals surface area (Å²) in [5.74, 6) is -2.37. The molecular formula is C23H28FN7O6S. The van der Waals surface area contributed by atoms with Crippen LogP contribution in [0, 0.1) is 5.82 Å². The first-order chi connectivity index (χ1) is 17.8. The van der Waals surface area contributed by atoms with Gasteiger partial charge in [-0.2, -0.15) is 4.31 Å². The molecule has 0 aliphatic heterocycles. The Hall–Kier alpha value is -3.82. The third kappa shape index (κ3) is 6.93. The highest BCUT2D eigenvalue weighted by Gasteiger charge is 2.30. The maximum absolute atomic E-state index is 13.7. The number of benzene rings is 1. The Morgan fingerprint density at radius 1 is 1.18 bits per heavy atom. The van der Waals surface area contributed by atoms with Crippen LogP contribution in [0.25, 0.3) is 17.3 Å². The molecule has 0 spiro atoms. The SMILES string of the molecule is CC(C)c1nc(N(c2nnnn2C)S(C)(=O)=O)nc(-c2ccc(F)cc2)c1/C=C/[C@@H](O)C[C@@H](O)CC(=O)O. The normalized spacial score (nSPS) is 13.7. The van der Waals surface area contributed by atoms with Crippen LogP contribution in [0.1, 0.15) is 43.9 Å². The molecule has 0 unspecified atom stereocenters. The van der Waals surface area contributed by atoms with E-state index in [-0.39, 0.29) is 29.9 Å². The quantitative estimate of drug-likeness (QED) is 0.316. The Bertz CT molecular complexity index is 1430. The van der Waals surface area contributed by atoms with E-state index in [9.17, 15) is 27.8 Å². The van der Waals surface area contributed by atoms with E-state index in [4.69, 9.17) is 5.11 Å². The summed E-state index contributed by atoms with van der Waals surface area (Å²) in [6.07, 6.45) is 0.570. The average molecular weight is 550 g/mol. The fourth-order valence-electron chi connectivity index (χ4n) is 3.63. The van der Waals surface area contributed by atoms with Gasteiger partial charge in [-0.3, -0.25) is 4.79 Å². The number of halogens is 1. The predicted octanol–water partition coefficient (Wildman–Crippen LogP) is 1.63. The number of hydrogen-bond donors (Lipinski definition) is 3. The van der Waals surface area contributed by atoms with Crippen LogP contribution < -0.4 is 4.31 Å². The number of carboxylic acids is 1. The lowest BCUT2D eigenvalue weighted by atomic mass is 9.97. The predicted molar refractivity (Wildman–Crippen MR) is 135 cm³/mol. The van der Waals surface area contributed by atoms with Crippen molar-refractivity contribution in [2.24, 2.45) is 7.05 Å². The van der Waals surface area contributed by atoms with Crippen molar-refractivity contribution in [1.29, 1.82) is 0 Å². The van der Waals surface area contributed by atoms with Gasteiger partial charge in [0.05, 0.1) is 36.3 Å². The first-order valence-corrected chi connectivity index (χ1v) is 13.3. The van der Waals surface area contributed by atoms with E-state index in [2.05, 4.69) is 25.5 Å². The second-order valence-corrected chi connectivity index (χ2v) is 10.7. The number of carboxylic acid groups (broad SMARTS) is 1. The lowest BCUT2D eigenvalue weighted by molar-refractivity contribution is -0.139. The largest absolute Gasteiger partial charge is 0.481 e. The Balaban J connectivity index is 2.22. The maximum Gasteiger partial charge on any atom is 0.305 e. The molecule has 38 heavy (non-hydrogen) atoms. The number of tetrazole rings is 1. The van der Waals surface area contributed by atoms with Crippen LogP contribution in [0.4, 0.5) is 16.3 Å². The van der Waals surface area contributed by atoms with Crippen LogP contribution in [0.3, 0.4) is 0 Å². The van der Waals surface area contributed by atoms with Gasteiger partial charge in [0, 0.05) is 24.6 Å². The number of aromatic nitrogens is 6. The molecule has 15 heteroatoms. The first-order valence-electron chi connectivity index (χ1n) is 11.4. The van der Waals surface area contributed by atoms with Crippen LogP contribution >= 0.6 is 0 Å². The zero-order valence-corrected chi connectivity index (χ0v) is 21.9. The summed E-state index contributed by atoms with van der Waals surface area (Å²) in [5.41, 5.74) is 1.47. The minimum absolute atomic E-state index is 0.154. The highest BCUT2D eigenvalue weighted by atomic mass is 32.2. The Kier molecular flexibility index (Phi) is 8.85. The van der Waals surface area contributed by atoms with Crippen molar-refractivity contribution in [3.05, 3.63) is 47.4 Å². The molecule has 0 bridgehead atoms. The van der Waals surface area contributed by atoms with Gasteiger partial charge in [-0.25, -0.2) is 27.5 Å². The summed E-state index contributed by atoms with van der Waals surface area (Å²) in [4.78, 5) is 19.8. The Labute approximate surface area is 218 Å². The molecule has 0 fully saturated rings. The van der Waals surface area contributed by atoms with Gasteiger partial charge >= 0.3 is 5.97 Å². The van der Waals surface area contributed by atoms with Crippen LogP contribution in [-0.4, -0.2) is 78.3 Å². The zero-order chi connectivity index (χ0) is 28.2. The second-order valence-electron chi connectivity index (χ2n) is 8.88. The Morgan fingerprint density at radius 3 is 2.37 bits per heavy atom. The van der Waals surface area contributed by atoms with Crippen molar-refractivity contribution in [3.8, 4) is 11.3 Å². The van der Waals surface area contributed by atoms with Crippen molar-refractivity contribution in [2.75, 3.05) is 10.6 Å². The summed E-state index contributed by atoms with van der Waals surface area (Å²) in [5, 5.41) is 40.1. The number of aliphatic carboxylic acids is 1. The van der Waals surface area contributed by atoms with Crippen molar-refractivity contribution >= 4 is 34.0 Å². The zero-order valence-electron chi connectivity index (χ0n) is 21.1. The molecule has 3 rings (SSSR count). The molecule has 0 saturated heterocycles. The molecular weight excluding hydrogens is 521 g/mol. The van der Waals surface area contributed by atoms with Crippen molar-refractivity contribution in [2.45, 2.75) is 44.8 Å². The third-order valence-electron chi connectivity index (χ3n) is 5.33. The molecule has 2 atom stereocenters. The molecule has 0 amide bonds. The maximum atomic E-state index is 13.7. The van der Waals surface area contributed by atoms with Gasteiger partial charge in [-0.15, -0.1) is 0 Å². The summed E-state index contributed by atoms with van der Waals surface area (Å²) in [7, 11) is -2.57. The van der Waals surface area contributed by atoms with Gasteiger partial charge < -0.3 is 15.3 Å². The van der Waals surface area contributed by atoms with Crippen molar-refractivity contribution in [3.63, 3.8) is 0 Å². The van der Waals surface area contributed by atoms with E-state index in [0.29, 0.717) is 16.8 Å². The van der Waals surface area contributed by atoms with Crippen LogP contribution in [0.5, 0.6) is 0 Å². The molecule has 3 N–H and O–H groups in total. The summed E-state index contributed by atoms with van der Waals surface area (Å²) in [6.45, 7) is 3.64. The minimum atomic E-state index is -4.02.